The summed E-state index contributed by atoms with van der Waals surface area (Å²) >= 11 is 0. The molecule has 1 fully saturated rings. The number of likely N-dealkylation sites (tertiary alicyclic amines) is 1. The van der Waals surface area contributed by atoms with Crippen LogP contribution in [-0.2, 0) is 29.2 Å². The molecule has 0 spiro atoms. The van der Waals surface area contributed by atoms with Crippen molar-refractivity contribution in [2.45, 2.75) is 39.9 Å². The van der Waals surface area contributed by atoms with Gasteiger partial charge in [0, 0.05) is 44.4 Å². The fourth-order valence-electron chi connectivity index (χ4n) is 3.02. The molecule has 1 atom stereocenters. The molecule has 1 unspecified atom stereocenters. The van der Waals surface area contributed by atoms with Gasteiger partial charge < -0.3 is 10.2 Å². The van der Waals surface area contributed by atoms with Crippen molar-refractivity contribution in [2.24, 2.45) is 5.92 Å². The molecule has 1 aromatic carbocycles. The number of aryl methyl sites for hydroxylation is 2. The third kappa shape index (κ3) is 4.26. The van der Waals surface area contributed by atoms with Crippen LogP contribution in [0.2, 0.25) is 0 Å². The van der Waals surface area contributed by atoms with Gasteiger partial charge >= 0.3 is 0 Å². The molecular weight excluding hydrogens is 316 g/mol. The number of nitrogens with one attached hydrogen (secondary N) is 1. The number of carbonyl (C=O) groups is 2. The van der Waals surface area contributed by atoms with E-state index in [0.29, 0.717) is 19.6 Å². The van der Waals surface area contributed by atoms with Crippen molar-refractivity contribution in [1.29, 1.82) is 0 Å². The van der Waals surface area contributed by atoms with E-state index in [1.54, 1.807) is 11.1 Å². The minimum atomic E-state index is -0.279. The summed E-state index contributed by atoms with van der Waals surface area (Å²) in [5.74, 6) is -0.303. The van der Waals surface area contributed by atoms with Crippen LogP contribution in [0.25, 0.3) is 0 Å². The number of benzene rings is 1. The molecule has 0 aliphatic carbocycles. The number of nitrogens with zero attached hydrogens (tertiary/aromatic N) is 3. The quantitative estimate of drug-likeness (QED) is 0.873. The van der Waals surface area contributed by atoms with Gasteiger partial charge in [-0.3, -0.25) is 14.3 Å². The molecule has 1 saturated heterocycles. The van der Waals surface area contributed by atoms with Crippen LogP contribution in [0.5, 0.6) is 0 Å². The van der Waals surface area contributed by atoms with Crippen molar-refractivity contribution < 1.29 is 9.59 Å². The van der Waals surface area contributed by atoms with E-state index in [1.165, 1.54) is 5.56 Å². The third-order valence-corrected chi connectivity index (χ3v) is 4.56. The number of hydrogen-bond donors (Lipinski definition) is 1. The summed E-state index contributed by atoms with van der Waals surface area (Å²) in [4.78, 5) is 26.3. The monoisotopic (exact) mass is 340 g/mol. The molecule has 0 radical (unpaired) electrons. The largest absolute Gasteiger partial charge is 0.352 e. The minimum absolute atomic E-state index is 0.0412. The molecular formula is C19H24N4O2. The van der Waals surface area contributed by atoms with Gasteiger partial charge in [0.25, 0.3) is 0 Å². The lowest BCUT2D eigenvalue weighted by atomic mass is 10.1. The van der Waals surface area contributed by atoms with E-state index in [9.17, 15) is 9.59 Å². The smallest absolute Gasteiger partial charge is 0.225 e. The normalized spacial score (nSPS) is 17.1. The van der Waals surface area contributed by atoms with Gasteiger partial charge in [-0.2, -0.15) is 5.10 Å². The lowest BCUT2D eigenvalue weighted by Crippen LogP contribution is -2.32. The summed E-state index contributed by atoms with van der Waals surface area (Å²) in [7, 11) is 0. The van der Waals surface area contributed by atoms with Crippen LogP contribution in [0.4, 0.5) is 0 Å². The Morgan fingerprint density at radius 1 is 1.28 bits per heavy atom. The molecule has 6 nitrogen and oxygen atoms in total. The van der Waals surface area contributed by atoms with Crippen LogP contribution in [0, 0.1) is 12.8 Å². The Labute approximate surface area is 147 Å². The number of amides is 2. The molecule has 2 aromatic rings. The summed E-state index contributed by atoms with van der Waals surface area (Å²) in [5, 5.41) is 7.11. The van der Waals surface area contributed by atoms with Gasteiger partial charge in [-0.15, -0.1) is 0 Å². The standard InChI is InChI=1S/C19H24N4O2/c1-3-23-12-16(10-21-23)9-20-19(25)17-8-18(24)22(13-17)11-15-6-4-14(2)5-7-15/h4-7,10,12,17H,3,8-9,11,13H2,1-2H3,(H,20,25). The van der Waals surface area contributed by atoms with Crippen molar-refractivity contribution >= 4 is 11.8 Å². The van der Waals surface area contributed by atoms with E-state index in [0.717, 1.165) is 17.7 Å². The van der Waals surface area contributed by atoms with Gasteiger partial charge in [-0.25, -0.2) is 0 Å². The molecule has 25 heavy (non-hydrogen) atoms. The molecule has 2 heterocycles. The maximum atomic E-state index is 12.4. The predicted molar refractivity (Wildman–Crippen MR) is 94.5 cm³/mol. The number of rotatable bonds is 6. The zero-order chi connectivity index (χ0) is 17.8. The summed E-state index contributed by atoms with van der Waals surface area (Å²) in [5.41, 5.74) is 3.25. The van der Waals surface area contributed by atoms with Gasteiger partial charge in [0.2, 0.25) is 11.8 Å². The Balaban J connectivity index is 1.52. The zero-order valence-corrected chi connectivity index (χ0v) is 14.7. The van der Waals surface area contributed by atoms with Crippen molar-refractivity contribution in [3.05, 3.63) is 53.3 Å². The Hall–Kier alpha value is -2.63. The molecule has 132 valence electrons. The highest BCUT2D eigenvalue weighted by Crippen LogP contribution is 2.20. The second kappa shape index (κ2) is 7.51. The minimum Gasteiger partial charge on any atom is -0.352 e. The Morgan fingerprint density at radius 2 is 2.04 bits per heavy atom. The molecule has 0 bridgehead atoms. The van der Waals surface area contributed by atoms with Gasteiger partial charge in [-0.05, 0) is 19.4 Å². The predicted octanol–water partition coefficient (Wildman–Crippen LogP) is 1.88. The van der Waals surface area contributed by atoms with Gasteiger partial charge in [-0.1, -0.05) is 29.8 Å². The lowest BCUT2D eigenvalue weighted by molar-refractivity contribution is -0.129. The molecule has 1 aliphatic heterocycles. The van der Waals surface area contributed by atoms with Crippen LogP contribution in [0.1, 0.15) is 30.0 Å². The van der Waals surface area contributed by atoms with Crippen LogP contribution >= 0.6 is 0 Å². The Bertz CT molecular complexity index is 751. The van der Waals surface area contributed by atoms with Gasteiger partial charge in [0.1, 0.15) is 0 Å². The molecule has 2 amide bonds. The summed E-state index contributed by atoms with van der Waals surface area (Å²) in [6.07, 6.45) is 3.96. The van der Waals surface area contributed by atoms with Crippen LogP contribution in [0.3, 0.4) is 0 Å². The first kappa shape index (κ1) is 17.2. The van der Waals surface area contributed by atoms with E-state index >= 15 is 0 Å². The van der Waals surface area contributed by atoms with E-state index in [2.05, 4.69) is 10.4 Å². The highest BCUT2D eigenvalue weighted by atomic mass is 16.2. The molecule has 1 N–H and O–H groups in total. The topological polar surface area (TPSA) is 67.2 Å². The number of carbonyl (C=O) groups excluding carboxylic acids is 2. The highest BCUT2D eigenvalue weighted by molar-refractivity contribution is 5.89. The zero-order valence-electron chi connectivity index (χ0n) is 14.7. The third-order valence-electron chi connectivity index (χ3n) is 4.56. The highest BCUT2D eigenvalue weighted by Gasteiger charge is 2.34. The Kier molecular flexibility index (Phi) is 5.16. The van der Waals surface area contributed by atoms with Crippen LogP contribution < -0.4 is 5.32 Å². The van der Waals surface area contributed by atoms with E-state index < -0.39 is 0 Å². The van der Waals surface area contributed by atoms with Crippen molar-refractivity contribution in [1.82, 2.24) is 20.0 Å². The summed E-state index contributed by atoms with van der Waals surface area (Å²) in [6, 6.07) is 8.13. The number of aromatic nitrogens is 2. The first-order valence-corrected chi connectivity index (χ1v) is 8.67. The van der Waals surface area contributed by atoms with Crippen molar-refractivity contribution in [3.8, 4) is 0 Å². The second-order valence-electron chi connectivity index (χ2n) is 6.58. The van der Waals surface area contributed by atoms with E-state index in [-0.39, 0.29) is 24.2 Å². The first-order chi connectivity index (χ1) is 12.0. The SMILES string of the molecule is CCn1cc(CNC(=O)C2CC(=O)N(Cc3ccc(C)cc3)C2)cn1. The maximum Gasteiger partial charge on any atom is 0.225 e. The lowest BCUT2D eigenvalue weighted by Gasteiger charge is -2.16. The number of hydrogen-bond acceptors (Lipinski definition) is 3. The van der Waals surface area contributed by atoms with Gasteiger partial charge in [0.05, 0.1) is 12.1 Å². The fourth-order valence-corrected chi connectivity index (χ4v) is 3.02. The summed E-state index contributed by atoms with van der Waals surface area (Å²) < 4.78 is 1.82. The molecule has 1 aromatic heterocycles. The molecule has 6 heteroatoms. The van der Waals surface area contributed by atoms with E-state index in [1.807, 2.05) is 49.0 Å². The van der Waals surface area contributed by atoms with Gasteiger partial charge in [0.15, 0.2) is 0 Å². The Morgan fingerprint density at radius 3 is 2.72 bits per heavy atom. The second-order valence-corrected chi connectivity index (χ2v) is 6.58. The maximum absolute atomic E-state index is 12.4. The van der Waals surface area contributed by atoms with E-state index in [4.69, 9.17) is 0 Å². The average Bonchev–Trinajstić information content (AvgIpc) is 3.22. The molecule has 0 saturated carbocycles. The summed E-state index contributed by atoms with van der Waals surface area (Å²) in [6.45, 7) is 6.34. The molecule has 3 rings (SSSR count). The van der Waals surface area contributed by atoms with Crippen molar-refractivity contribution in [3.63, 3.8) is 0 Å². The van der Waals surface area contributed by atoms with Crippen molar-refractivity contribution in [2.75, 3.05) is 6.54 Å². The fraction of sp³-hybridized carbons (Fsp3) is 0.421. The van der Waals surface area contributed by atoms with Crippen LogP contribution in [0.15, 0.2) is 36.7 Å². The van der Waals surface area contributed by atoms with Crippen LogP contribution in [-0.4, -0.2) is 33.0 Å². The average molecular weight is 340 g/mol. The molecule has 1 aliphatic rings. The first-order valence-electron chi connectivity index (χ1n) is 8.67.